The van der Waals surface area contributed by atoms with Crippen LogP contribution in [0, 0.1) is 23.7 Å². The molecule has 0 saturated carbocycles. The Hall–Kier alpha value is -1.94. The van der Waals surface area contributed by atoms with E-state index < -0.39 is 97.5 Å². The van der Waals surface area contributed by atoms with Crippen molar-refractivity contribution in [2.75, 3.05) is 39.6 Å². The zero-order chi connectivity index (χ0) is 63.9. The summed E-state index contributed by atoms with van der Waals surface area (Å²) in [5.41, 5.74) is 0. The number of phosphoric acid groups is 2. The lowest BCUT2D eigenvalue weighted by Crippen LogP contribution is -2.30. The van der Waals surface area contributed by atoms with Crippen molar-refractivity contribution in [3.63, 3.8) is 0 Å². The quantitative estimate of drug-likeness (QED) is 0.0222. The first-order chi connectivity index (χ1) is 41.1. The van der Waals surface area contributed by atoms with E-state index in [0.717, 1.165) is 108 Å². The minimum absolute atomic E-state index is 0.102. The van der Waals surface area contributed by atoms with Gasteiger partial charge in [-0.3, -0.25) is 37.3 Å². The van der Waals surface area contributed by atoms with Crippen LogP contribution in [-0.4, -0.2) is 96.7 Å². The Morgan fingerprint density at radius 3 is 0.826 bits per heavy atom. The number of ether oxygens (including phenoxy) is 4. The van der Waals surface area contributed by atoms with E-state index in [1.165, 1.54) is 122 Å². The summed E-state index contributed by atoms with van der Waals surface area (Å²) in [6.07, 6.45) is 37.7. The topological polar surface area (TPSA) is 237 Å². The number of esters is 4. The number of aliphatic hydroxyl groups is 1. The van der Waals surface area contributed by atoms with E-state index >= 15 is 0 Å². The highest BCUT2D eigenvalue weighted by atomic mass is 31.2. The Labute approximate surface area is 524 Å². The molecule has 17 nitrogen and oxygen atoms in total. The zero-order valence-corrected chi connectivity index (χ0v) is 57.7. The van der Waals surface area contributed by atoms with E-state index in [-0.39, 0.29) is 25.7 Å². The van der Waals surface area contributed by atoms with Gasteiger partial charge in [-0.1, -0.05) is 274 Å². The second kappa shape index (κ2) is 57.0. The highest BCUT2D eigenvalue weighted by molar-refractivity contribution is 7.47. The SMILES string of the molecule is CCC(C)CCCCCCCCCCC(=O)OC[C@H](COP(=O)(O)OCC(O)COP(=O)(O)OC[C@@H](COC(=O)CCCCCCCCCC(C)C)OC(=O)CCCCCCCCCCCCCC(C)C)OC(=O)CCCCCCCCCC(C)C. The first-order valence-corrected chi connectivity index (χ1v) is 37.7. The van der Waals surface area contributed by atoms with Gasteiger partial charge in [0.25, 0.3) is 0 Å². The van der Waals surface area contributed by atoms with Crippen LogP contribution in [0.1, 0.15) is 325 Å². The standard InChI is InChI=1S/C67H130O17P2/c1-9-60(8)46-38-30-22-15-16-23-31-39-47-64(69)77-53-63(84-67(72)50-42-34-26-18-21-29-37-45-59(6)7)56-82-86(75,76)80-52-61(68)51-79-85(73,74)81-55-62(54-78-65(70)48-40-32-25-17-20-28-36-44-58(4)5)83-66(71)49-41-33-24-14-12-10-11-13-19-27-35-43-57(2)3/h57-63,68H,9-56H2,1-8H3,(H,73,74)(H,75,76)/t60?,61?,62-,63-/m1/s1. The fraction of sp³-hybridized carbons (Fsp3) is 0.940. The number of phosphoric ester groups is 2. The minimum atomic E-state index is -4.95. The minimum Gasteiger partial charge on any atom is -0.462 e. The lowest BCUT2D eigenvalue weighted by Gasteiger charge is -2.21. The molecule has 4 unspecified atom stereocenters. The van der Waals surface area contributed by atoms with E-state index in [4.69, 9.17) is 37.0 Å². The molecule has 0 spiro atoms. The van der Waals surface area contributed by atoms with Gasteiger partial charge < -0.3 is 33.8 Å². The molecule has 3 N–H and O–H groups in total. The summed E-state index contributed by atoms with van der Waals surface area (Å²) in [5.74, 6) is 0.807. The van der Waals surface area contributed by atoms with Gasteiger partial charge in [0.1, 0.15) is 19.3 Å². The van der Waals surface area contributed by atoms with Gasteiger partial charge in [-0.25, -0.2) is 9.13 Å². The molecule has 0 saturated heterocycles. The molecule has 0 heterocycles. The molecule has 0 aliphatic heterocycles. The molecule has 0 rings (SSSR count). The first kappa shape index (κ1) is 84.1. The fourth-order valence-electron chi connectivity index (χ4n) is 9.93. The summed E-state index contributed by atoms with van der Waals surface area (Å²) in [5, 5.41) is 10.6. The lowest BCUT2D eigenvalue weighted by atomic mass is 9.99. The van der Waals surface area contributed by atoms with Crippen LogP contribution < -0.4 is 0 Å². The summed E-state index contributed by atoms with van der Waals surface area (Å²) in [6, 6.07) is 0. The van der Waals surface area contributed by atoms with E-state index in [0.29, 0.717) is 37.5 Å². The molecule has 0 aromatic heterocycles. The molecule has 86 heavy (non-hydrogen) atoms. The average molecular weight is 1270 g/mol. The number of aliphatic hydroxyl groups excluding tert-OH is 1. The highest BCUT2D eigenvalue weighted by Crippen LogP contribution is 2.45. The van der Waals surface area contributed by atoms with Gasteiger partial charge in [0.05, 0.1) is 26.4 Å². The molecule has 0 radical (unpaired) electrons. The normalized spacial score (nSPS) is 14.7. The third kappa shape index (κ3) is 59.7. The van der Waals surface area contributed by atoms with Crippen LogP contribution in [0.5, 0.6) is 0 Å². The number of carbonyl (C=O) groups is 4. The van der Waals surface area contributed by atoms with Crippen LogP contribution in [0.2, 0.25) is 0 Å². The summed E-state index contributed by atoms with van der Waals surface area (Å²) < 4.78 is 68.1. The summed E-state index contributed by atoms with van der Waals surface area (Å²) in [6.45, 7) is 14.0. The van der Waals surface area contributed by atoms with Crippen LogP contribution in [0.4, 0.5) is 0 Å². The number of hydrogen-bond acceptors (Lipinski definition) is 15. The summed E-state index contributed by atoms with van der Waals surface area (Å²) in [4.78, 5) is 72.4. The van der Waals surface area contributed by atoms with Crippen molar-refractivity contribution in [1.29, 1.82) is 0 Å². The van der Waals surface area contributed by atoms with Crippen molar-refractivity contribution in [2.24, 2.45) is 23.7 Å². The Bertz CT molecular complexity index is 1720. The van der Waals surface area contributed by atoms with Crippen LogP contribution in [0.25, 0.3) is 0 Å². The predicted octanol–water partition coefficient (Wildman–Crippen LogP) is 18.5. The Morgan fingerprint density at radius 1 is 0.326 bits per heavy atom. The first-order valence-electron chi connectivity index (χ1n) is 34.7. The maximum absolute atomic E-state index is 13.0. The van der Waals surface area contributed by atoms with Crippen molar-refractivity contribution in [1.82, 2.24) is 0 Å². The summed E-state index contributed by atoms with van der Waals surface area (Å²) in [7, 11) is -9.90. The van der Waals surface area contributed by atoms with Crippen molar-refractivity contribution in [3.8, 4) is 0 Å². The summed E-state index contributed by atoms with van der Waals surface area (Å²) >= 11 is 0. The van der Waals surface area contributed by atoms with Gasteiger partial charge in [0.2, 0.25) is 0 Å². The van der Waals surface area contributed by atoms with E-state index in [1.807, 2.05) is 0 Å². The van der Waals surface area contributed by atoms with E-state index in [2.05, 4.69) is 55.4 Å². The van der Waals surface area contributed by atoms with Crippen molar-refractivity contribution < 1.29 is 80.2 Å². The van der Waals surface area contributed by atoms with Gasteiger partial charge >= 0.3 is 39.5 Å². The third-order valence-electron chi connectivity index (χ3n) is 15.7. The third-order valence-corrected chi connectivity index (χ3v) is 17.6. The Morgan fingerprint density at radius 2 is 0.558 bits per heavy atom. The lowest BCUT2D eigenvalue weighted by molar-refractivity contribution is -0.161. The maximum Gasteiger partial charge on any atom is 0.472 e. The van der Waals surface area contributed by atoms with Gasteiger partial charge in [-0.05, 0) is 49.4 Å². The molecule has 510 valence electrons. The van der Waals surface area contributed by atoms with Crippen LogP contribution in [0.3, 0.4) is 0 Å². The number of hydrogen-bond donors (Lipinski definition) is 3. The highest BCUT2D eigenvalue weighted by Gasteiger charge is 2.30. The molecule has 0 amide bonds. The zero-order valence-electron chi connectivity index (χ0n) is 55.9. The number of carbonyl (C=O) groups excluding carboxylic acids is 4. The number of unbranched alkanes of at least 4 members (excludes halogenated alkanes) is 29. The van der Waals surface area contributed by atoms with E-state index in [9.17, 15) is 43.2 Å². The molecule has 0 aliphatic carbocycles. The second-order valence-electron chi connectivity index (χ2n) is 25.9. The van der Waals surface area contributed by atoms with Gasteiger partial charge in [0, 0.05) is 25.7 Å². The monoisotopic (exact) mass is 1270 g/mol. The fourth-order valence-corrected chi connectivity index (χ4v) is 11.5. The largest absolute Gasteiger partial charge is 0.472 e. The number of rotatable bonds is 64. The second-order valence-corrected chi connectivity index (χ2v) is 28.8. The molecule has 0 aliphatic rings. The van der Waals surface area contributed by atoms with Crippen LogP contribution in [-0.2, 0) is 65.4 Å². The Balaban J connectivity index is 5.25. The molecule has 6 atom stereocenters. The van der Waals surface area contributed by atoms with Gasteiger partial charge in [-0.2, -0.15) is 0 Å². The smallest absolute Gasteiger partial charge is 0.462 e. The van der Waals surface area contributed by atoms with Crippen LogP contribution in [0.15, 0.2) is 0 Å². The molecule has 0 aromatic carbocycles. The average Bonchev–Trinajstić information content (AvgIpc) is 3.63. The molecule has 0 bridgehead atoms. The Kier molecular flexibility index (Phi) is 55.7. The van der Waals surface area contributed by atoms with Gasteiger partial charge in [-0.15, -0.1) is 0 Å². The van der Waals surface area contributed by atoms with Crippen molar-refractivity contribution in [2.45, 2.75) is 343 Å². The molecule has 19 heteroatoms. The van der Waals surface area contributed by atoms with Crippen LogP contribution >= 0.6 is 15.6 Å². The van der Waals surface area contributed by atoms with Crippen molar-refractivity contribution in [3.05, 3.63) is 0 Å². The predicted molar refractivity (Wildman–Crippen MR) is 344 cm³/mol. The van der Waals surface area contributed by atoms with Crippen molar-refractivity contribution >= 4 is 39.5 Å². The van der Waals surface area contributed by atoms with Gasteiger partial charge in [0.15, 0.2) is 12.2 Å². The van der Waals surface area contributed by atoms with E-state index in [1.54, 1.807) is 0 Å². The molecule has 0 aromatic rings. The molecular weight excluding hydrogens is 1140 g/mol. The maximum atomic E-state index is 13.0. The molecular formula is C67H130O17P2. The molecule has 0 fully saturated rings.